The maximum atomic E-state index is 14.2. The molecule has 0 N–H and O–H groups in total. The van der Waals surface area contributed by atoms with E-state index in [-0.39, 0.29) is 16.4 Å². The first-order valence-corrected chi connectivity index (χ1v) is 13.3. The molecule has 1 aromatic carbocycles. The molecule has 32 heavy (non-hydrogen) atoms. The minimum absolute atomic E-state index is 0.00477. The van der Waals surface area contributed by atoms with Crippen LogP contribution in [-0.2, 0) is 16.3 Å². The largest absolute Gasteiger partial charge is 0.491 e. The molecule has 1 aliphatic heterocycles. The van der Waals surface area contributed by atoms with Gasteiger partial charge in [0.05, 0.1) is 17.3 Å². The van der Waals surface area contributed by atoms with Crippen LogP contribution in [0.3, 0.4) is 0 Å². The molecule has 2 atom stereocenters. The predicted octanol–water partition coefficient (Wildman–Crippen LogP) is 4.29. The van der Waals surface area contributed by atoms with Gasteiger partial charge in [0.2, 0.25) is 5.95 Å². The van der Waals surface area contributed by atoms with E-state index in [0.29, 0.717) is 12.5 Å². The molecule has 8 heteroatoms. The van der Waals surface area contributed by atoms with Crippen LogP contribution >= 0.6 is 0 Å². The summed E-state index contributed by atoms with van der Waals surface area (Å²) < 4.78 is 43.6. The molecule has 6 nitrogen and oxygen atoms in total. The molecular formula is C24H32FN3O3S. The number of piperidine rings is 1. The Hall–Kier alpha value is -2.22. The van der Waals surface area contributed by atoms with E-state index in [0.717, 1.165) is 68.2 Å². The molecular weight excluding hydrogens is 429 g/mol. The molecule has 0 bridgehead atoms. The smallest absolute Gasteiger partial charge is 0.225 e. The van der Waals surface area contributed by atoms with Gasteiger partial charge in [0.1, 0.15) is 0 Å². The molecule has 4 rings (SSSR count). The monoisotopic (exact) mass is 461 g/mol. The number of ether oxygens (including phenoxy) is 1. The Balaban J connectivity index is 1.20. The van der Waals surface area contributed by atoms with Crippen LogP contribution in [0.15, 0.2) is 35.5 Å². The zero-order valence-corrected chi connectivity index (χ0v) is 19.7. The molecule has 2 aliphatic rings. The molecule has 1 aromatic heterocycles. The fraction of sp³-hybridized carbons (Fsp3) is 0.583. The average Bonchev–Trinajstić information content (AvgIpc) is 3.60. The van der Waals surface area contributed by atoms with E-state index in [1.54, 1.807) is 6.92 Å². The van der Waals surface area contributed by atoms with E-state index in [1.165, 1.54) is 18.6 Å². The maximum absolute atomic E-state index is 14.2. The SMILES string of the molecule is CCc1cnc(N2CCC([C@@H]3C[C@H]3CCOc3ccc(S(=O)(=O)CC)cc3F)CC2)nc1. The lowest BCUT2D eigenvalue weighted by molar-refractivity contribution is 0.273. The van der Waals surface area contributed by atoms with Crippen LogP contribution in [0.4, 0.5) is 10.3 Å². The van der Waals surface area contributed by atoms with Gasteiger partial charge >= 0.3 is 0 Å². The van der Waals surface area contributed by atoms with E-state index in [2.05, 4.69) is 21.8 Å². The Morgan fingerprint density at radius 1 is 1.16 bits per heavy atom. The topological polar surface area (TPSA) is 72.4 Å². The number of rotatable bonds is 9. The molecule has 2 heterocycles. The van der Waals surface area contributed by atoms with Gasteiger partial charge in [-0.2, -0.15) is 0 Å². The van der Waals surface area contributed by atoms with E-state index >= 15 is 0 Å². The highest BCUT2D eigenvalue weighted by molar-refractivity contribution is 7.91. The van der Waals surface area contributed by atoms with Gasteiger partial charge in [-0.3, -0.25) is 0 Å². The number of nitrogens with zero attached hydrogens (tertiary/aromatic N) is 3. The zero-order valence-electron chi connectivity index (χ0n) is 18.8. The second kappa shape index (κ2) is 9.73. The highest BCUT2D eigenvalue weighted by Gasteiger charge is 2.43. The van der Waals surface area contributed by atoms with Gasteiger partial charge in [0.15, 0.2) is 21.4 Å². The second-order valence-corrected chi connectivity index (χ2v) is 11.1. The molecule has 0 spiro atoms. The summed E-state index contributed by atoms with van der Waals surface area (Å²) in [5.41, 5.74) is 1.16. The first-order valence-electron chi connectivity index (χ1n) is 11.6. The highest BCUT2D eigenvalue weighted by atomic mass is 32.2. The quantitative estimate of drug-likeness (QED) is 0.555. The second-order valence-electron chi connectivity index (χ2n) is 8.86. The lowest BCUT2D eigenvalue weighted by Crippen LogP contribution is -2.35. The van der Waals surface area contributed by atoms with Crippen LogP contribution in [0.2, 0.25) is 0 Å². The van der Waals surface area contributed by atoms with E-state index in [9.17, 15) is 12.8 Å². The fourth-order valence-corrected chi connectivity index (χ4v) is 5.57. The number of anilines is 1. The van der Waals surface area contributed by atoms with Crippen LogP contribution in [0, 0.1) is 23.6 Å². The van der Waals surface area contributed by atoms with Crippen LogP contribution in [0.5, 0.6) is 5.75 Å². The van der Waals surface area contributed by atoms with Gasteiger partial charge in [0.25, 0.3) is 0 Å². The van der Waals surface area contributed by atoms with Gasteiger partial charge in [-0.15, -0.1) is 0 Å². The number of hydrogen-bond acceptors (Lipinski definition) is 6. The molecule has 1 saturated heterocycles. The van der Waals surface area contributed by atoms with Crippen molar-refractivity contribution in [1.82, 2.24) is 9.97 Å². The summed E-state index contributed by atoms with van der Waals surface area (Å²) in [7, 11) is -3.41. The standard InChI is InChI=1S/C24H32FN3O3S/c1-3-17-15-26-24(27-16-17)28-10-7-18(8-11-28)21-13-19(21)9-12-31-23-6-5-20(14-22(23)25)32(29,30)4-2/h5-6,14-16,18-19,21H,3-4,7-13H2,1-2H3/t19-,21+/m1/s1. The summed E-state index contributed by atoms with van der Waals surface area (Å²) in [6.45, 7) is 6.09. The van der Waals surface area contributed by atoms with Crippen molar-refractivity contribution in [3.63, 3.8) is 0 Å². The number of halogens is 1. The van der Waals surface area contributed by atoms with Crippen molar-refractivity contribution < 1.29 is 17.5 Å². The number of benzene rings is 1. The summed E-state index contributed by atoms with van der Waals surface area (Å²) >= 11 is 0. The molecule has 2 fully saturated rings. The molecule has 1 saturated carbocycles. The Morgan fingerprint density at radius 3 is 2.50 bits per heavy atom. The van der Waals surface area contributed by atoms with Gasteiger partial charge in [-0.05, 0) is 73.6 Å². The third-order valence-electron chi connectivity index (χ3n) is 6.89. The molecule has 0 amide bonds. The molecule has 1 aliphatic carbocycles. The fourth-order valence-electron chi connectivity index (χ4n) is 4.68. The Labute approximate surface area is 190 Å². The van der Waals surface area contributed by atoms with Gasteiger partial charge < -0.3 is 9.64 Å². The average molecular weight is 462 g/mol. The summed E-state index contributed by atoms with van der Waals surface area (Å²) in [5.74, 6) is 2.38. The lowest BCUT2D eigenvalue weighted by Gasteiger charge is -2.32. The van der Waals surface area contributed by atoms with Crippen molar-refractivity contribution in [2.24, 2.45) is 17.8 Å². The molecule has 0 radical (unpaired) electrons. The van der Waals surface area contributed by atoms with Gasteiger partial charge in [-0.1, -0.05) is 13.8 Å². The van der Waals surface area contributed by atoms with E-state index < -0.39 is 15.7 Å². The minimum atomic E-state index is -3.41. The van der Waals surface area contributed by atoms with Crippen LogP contribution in [0.25, 0.3) is 0 Å². The summed E-state index contributed by atoms with van der Waals surface area (Å²) in [6.07, 6.45) is 9.22. The Bertz CT molecular complexity index is 1020. The first-order chi connectivity index (χ1) is 15.4. The number of sulfone groups is 1. The number of hydrogen-bond donors (Lipinski definition) is 0. The Kier molecular flexibility index (Phi) is 6.98. The predicted molar refractivity (Wildman–Crippen MR) is 122 cm³/mol. The van der Waals surface area contributed by atoms with Crippen LogP contribution < -0.4 is 9.64 Å². The molecule has 174 valence electrons. The van der Waals surface area contributed by atoms with Crippen LogP contribution in [0.1, 0.15) is 45.1 Å². The van der Waals surface area contributed by atoms with Gasteiger partial charge in [0, 0.05) is 25.5 Å². The minimum Gasteiger partial charge on any atom is -0.491 e. The third-order valence-corrected chi connectivity index (χ3v) is 8.63. The van der Waals surface area contributed by atoms with Crippen molar-refractivity contribution in [2.75, 3.05) is 30.3 Å². The maximum Gasteiger partial charge on any atom is 0.225 e. The first kappa shape index (κ1) is 23.0. The summed E-state index contributed by atoms with van der Waals surface area (Å²) in [5, 5.41) is 0. The molecule has 2 aromatic rings. The van der Waals surface area contributed by atoms with Crippen molar-refractivity contribution >= 4 is 15.8 Å². The summed E-state index contributed by atoms with van der Waals surface area (Å²) in [4.78, 5) is 11.3. The zero-order chi connectivity index (χ0) is 22.7. The van der Waals surface area contributed by atoms with Crippen LogP contribution in [-0.4, -0.2) is 43.8 Å². The lowest BCUT2D eigenvalue weighted by atomic mass is 9.90. The molecule has 0 unspecified atom stereocenters. The van der Waals surface area contributed by atoms with Crippen molar-refractivity contribution in [3.8, 4) is 5.75 Å². The van der Waals surface area contributed by atoms with E-state index in [1.807, 2.05) is 12.4 Å². The highest BCUT2D eigenvalue weighted by Crippen LogP contribution is 2.49. The number of aromatic nitrogens is 2. The number of aryl methyl sites for hydroxylation is 1. The van der Waals surface area contributed by atoms with Crippen molar-refractivity contribution in [2.45, 2.75) is 50.8 Å². The van der Waals surface area contributed by atoms with Gasteiger partial charge in [-0.25, -0.2) is 22.8 Å². The third kappa shape index (κ3) is 5.22. The Morgan fingerprint density at radius 2 is 1.88 bits per heavy atom. The van der Waals surface area contributed by atoms with Crippen molar-refractivity contribution in [1.29, 1.82) is 0 Å². The van der Waals surface area contributed by atoms with Crippen molar-refractivity contribution in [3.05, 3.63) is 42.0 Å². The van der Waals surface area contributed by atoms with E-state index in [4.69, 9.17) is 4.74 Å². The normalized spacial score (nSPS) is 21.5. The summed E-state index contributed by atoms with van der Waals surface area (Å²) in [6, 6.07) is 3.90.